The molecule has 3 aromatic rings. The van der Waals surface area contributed by atoms with Gasteiger partial charge in [-0.1, -0.05) is 29.8 Å². The van der Waals surface area contributed by atoms with E-state index in [0.29, 0.717) is 35.2 Å². The van der Waals surface area contributed by atoms with E-state index in [4.69, 9.17) is 16.3 Å². The molecule has 3 rings (SSSR count). The van der Waals surface area contributed by atoms with Crippen molar-refractivity contribution < 1.29 is 17.9 Å². The zero-order valence-corrected chi connectivity index (χ0v) is 17.6. The molecule has 6 nitrogen and oxygen atoms in total. The van der Waals surface area contributed by atoms with E-state index in [2.05, 4.69) is 10.0 Å². The van der Waals surface area contributed by atoms with E-state index in [9.17, 15) is 13.2 Å². The first-order valence-corrected chi connectivity index (χ1v) is 11.1. The van der Waals surface area contributed by atoms with Crippen LogP contribution in [0.15, 0.2) is 83.8 Å². The highest BCUT2D eigenvalue weighted by Crippen LogP contribution is 2.19. The molecule has 0 saturated heterocycles. The van der Waals surface area contributed by atoms with Gasteiger partial charge in [0.15, 0.2) is 0 Å². The Morgan fingerprint density at radius 1 is 0.867 bits per heavy atom. The number of nitrogens with one attached hydrogen (secondary N) is 2. The van der Waals surface area contributed by atoms with Gasteiger partial charge in [0.25, 0.3) is 10.0 Å². The number of sulfonamides is 1. The first-order valence-electron chi connectivity index (χ1n) is 9.28. The highest BCUT2D eigenvalue weighted by Gasteiger charge is 2.14. The lowest BCUT2D eigenvalue weighted by Gasteiger charge is -2.10. The van der Waals surface area contributed by atoms with Crippen LogP contribution < -0.4 is 14.8 Å². The third-order valence-corrected chi connectivity index (χ3v) is 5.75. The van der Waals surface area contributed by atoms with Crippen LogP contribution in [0.3, 0.4) is 0 Å². The molecular formula is C22H21ClN2O4S. The van der Waals surface area contributed by atoms with Crippen molar-refractivity contribution in [3.8, 4) is 5.75 Å². The Labute approximate surface area is 180 Å². The van der Waals surface area contributed by atoms with Crippen molar-refractivity contribution >= 4 is 38.9 Å². The summed E-state index contributed by atoms with van der Waals surface area (Å²) in [5, 5.41) is 3.38. The van der Waals surface area contributed by atoms with E-state index in [0.717, 1.165) is 0 Å². The zero-order valence-electron chi connectivity index (χ0n) is 16.0. The summed E-state index contributed by atoms with van der Waals surface area (Å²) in [5.74, 6) is 0.522. The zero-order chi connectivity index (χ0) is 21.4. The van der Waals surface area contributed by atoms with Crippen LogP contribution in [0.5, 0.6) is 5.75 Å². The maximum atomic E-state index is 12.4. The van der Waals surface area contributed by atoms with Crippen molar-refractivity contribution in [3.63, 3.8) is 0 Å². The number of carbonyl (C=O) groups excluding carboxylic acids is 1. The number of ether oxygens (including phenoxy) is 1. The summed E-state index contributed by atoms with van der Waals surface area (Å²) in [6.45, 7) is 0.400. The van der Waals surface area contributed by atoms with Crippen LogP contribution in [-0.2, 0) is 14.8 Å². The van der Waals surface area contributed by atoms with Gasteiger partial charge in [-0.25, -0.2) is 8.42 Å². The average Bonchev–Trinajstić information content (AvgIpc) is 2.73. The predicted molar refractivity (Wildman–Crippen MR) is 119 cm³/mol. The lowest BCUT2D eigenvalue weighted by Crippen LogP contribution is -2.14. The Kier molecular flexibility index (Phi) is 7.32. The molecule has 0 unspecified atom stereocenters. The van der Waals surface area contributed by atoms with E-state index < -0.39 is 10.0 Å². The fourth-order valence-corrected chi connectivity index (χ4v) is 3.80. The molecule has 30 heavy (non-hydrogen) atoms. The van der Waals surface area contributed by atoms with Crippen LogP contribution in [0.4, 0.5) is 11.4 Å². The fourth-order valence-electron chi connectivity index (χ4n) is 2.61. The molecule has 156 valence electrons. The molecule has 0 heterocycles. The fraction of sp³-hybridized carbons (Fsp3) is 0.136. The SMILES string of the molecule is O=C(CCCOc1ccc(Cl)cc1)Nc1ccc(S(=O)(=O)Nc2ccccc2)cc1. The molecular weight excluding hydrogens is 424 g/mol. The highest BCUT2D eigenvalue weighted by molar-refractivity contribution is 7.92. The number of hydrogen-bond donors (Lipinski definition) is 2. The van der Waals surface area contributed by atoms with Crippen LogP contribution in [0, 0.1) is 0 Å². The van der Waals surface area contributed by atoms with Gasteiger partial charge in [0.2, 0.25) is 5.91 Å². The smallest absolute Gasteiger partial charge is 0.261 e. The summed E-state index contributed by atoms with van der Waals surface area (Å²) in [7, 11) is -3.69. The third-order valence-electron chi connectivity index (χ3n) is 4.10. The maximum Gasteiger partial charge on any atom is 0.261 e. The molecule has 0 aliphatic carbocycles. The monoisotopic (exact) mass is 444 g/mol. The second kappa shape index (κ2) is 10.1. The molecule has 0 bridgehead atoms. The summed E-state index contributed by atoms with van der Waals surface area (Å²) < 4.78 is 32.9. The molecule has 0 aliphatic heterocycles. The minimum Gasteiger partial charge on any atom is -0.494 e. The number of hydrogen-bond acceptors (Lipinski definition) is 4. The normalized spacial score (nSPS) is 11.0. The minimum atomic E-state index is -3.69. The summed E-state index contributed by atoms with van der Waals surface area (Å²) in [6.07, 6.45) is 0.825. The van der Waals surface area contributed by atoms with Gasteiger partial charge in [-0.05, 0) is 67.1 Å². The number of amides is 1. The summed E-state index contributed by atoms with van der Waals surface area (Å²) in [4.78, 5) is 12.2. The number of benzene rings is 3. The molecule has 8 heteroatoms. The van der Waals surface area contributed by atoms with Crippen molar-refractivity contribution in [1.82, 2.24) is 0 Å². The van der Waals surface area contributed by atoms with Gasteiger partial charge in [0.1, 0.15) is 5.75 Å². The number of para-hydroxylation sites is 1. The lowest BCUT2D eigenvalue weighted by atomic mass is 10.2. The van der Waals surface area contributed by atoms with Crippen molar-refractivity contribution in [3.05, 3.63) is 83.9 Å². The third kappa shape index (κ3) is 6.50. The second-order valence-electron chi connectivity index (χ2n) is 6.45. The van der Waals surface area contributed by atoms with Crippen LogP contribution in [0.25, 0.3) is 0 Å². The molecule has 0 saturated carbocycles. The molecule has 3 aromatic carbocycles. The van der Waals surface area contributed by atoms with E-state index >= 15 is 0 Å². The average molecular weight is 445 g/mol. The van der Waals surface area contributed by atoms with E-state index in [-0.39, 0.29) is 17.2 Å². The molecule has 0 fully saturated rings. The Morgan fingerprint density at radius 2 is 1.53 bits per heavy atom. The van der Waals surface area contributed by atoms with Crippen LogP contribution in [0.1, 0.15) is 12.8 Å². The van der Waals surface area contributed by atoms with Gasteiger partial charge in [-0.2, -0.15) is 0 Å². The van der Waals surface area contributed by atoms with Crippen molar-refractivity contribution in [1.29, 1.82) is 0 Å². The Morgan fingerprint density at radius 3 is 2.20 bits per heavy atom. The standard InChI is InChI=1S/C22H21ClN2O4S/c23-17-8-12-20(13-9-17)29-16-4-7-22(26)24-18-10-14-21(15-11-18)30(27,28)25-19-5-2-1-3-6-19/h1-3,5-6,8-15,25H,4,7,16H2,(H,24,26). The number of carbonyl (C=O) groups is 1. The van der Waals surface area contributed by atoms with Gasteiger partial charge in [-0.3, -0.25) is 9.52 Å². The molecule has 2 N–H and O–H groups in total. The molecule has 0 radical (unpaired) electrons. The molecule has 0 atom stereocenters. The number of halogens is 1. The highest BCUT2D eigenvalue weighted by atomic mass is 35.5. The predicted octanol–water partition coefficient (Wildman–Crippen LogP) is 4.94. The second-order valence-corrected chi connectivity index (χ2v) is 8.57. The Bertz CT molecular complexity index is 1070. The van der Waals surface area contributed by atoms with Crippen LogP contribution >= 0.6 is 11.6 Å². The first kappa shape index (κ1) is 21.7. The summed E-state index contributed by atoms with van der Waals surface area (Å²) in [5.41, 5.74) is 1.01. The number of anilines is 2. The van der Waals surface area contributed by atoms with Gasteiger partial charge in [0.05, 0.1) is 11.5 Å². The lowest BCUT2D eigenvalue weighted by molar-refractivity contribution is -0.116. The van der Waals surface area contributed by atoms with E-state index in [1.165, 1.54) is 12.1 Å². The maximum absolute atomic E-state index is 12.4. The molecule has 0 aromatic heterocycles. The molecule has 0 spiro atoms. The quantitative estimate of drug-likeness (QED) is 0.458. The van der Waals surface area contributed by atoms with Crippen LogP contribution in [-0.4, -0.2) is 20.9 Å². The van der Waals surface area contributed by atoms with Gasteiger partial charge in [0, 0.05) is 22.8 Å². The van der Waals surface area contributed by atoms with Crippen LogP contribution in [0.2, 0.25) is 5.02 Å². The van der Waals surface area contributed by atoms with E-state index in [1.54, 1.807) is 66.7 Å². The van der Waals surface area contributed by atoms with Crippen molar-refractivity contribution in [2.45, 2.75) is 17.7 Å². The summed E-state index contributed by atoms with van der Waals surface area (Å²) >= 11 is 5.82. The number of rotatable bonds is 9. The first-order chi connectivity index (χ1) is 14.4. The Balaban J connectivity index is 1.46. The van der Waals surface area contributed by atoms with E-state index in [1.807, 2.05) is 0 Å². The molecule has 1 amide bonds. The topological polar surface area (TPSA) is 84.5 Å². The Hall–Kier alpha value is -3.03. The summed E-state index contributed by atoms with van der Waals surface area (Å²) in [6, 6.07) is 21.7. The van der Waals surface area contributed by atoms with Crippen molar-refractivity contribution in [2.75, 3.05) is 16.6 Å². The minimum absolute atomic E-state index is 0.112. The van der Waals surface area contributed by atoms with Gasteiger partial charge < -0.3 is 10.1 Å². The largest absolute Gasteiger partial charge is 0.494 e. The van der Waals surface area contributed by atoms with Gasteiger partial charge in [-0.15, -0.1) is 0 Å². The van der Waals surface area contributed by atoms with Gasteiger partial charge >= 0.3 is 0 Å². The van der Waals surface area contributed by atoms with Crippen molar-refractivity contribution in [2.24, 2.45) is 0 Å². The molecule has 0 aliphatic rings.